The molecule has 1 aliphatic heterocycles. The van der Waals surface area contributed by atoms with Crippen LogP contribution in [0.1, 0.15) is 26.7 Å². The van der Waals surface area contributed by atoms with E-state index < -0.39 is 15.3 Å². The molecule has 1 aliphatic rings. The second-order valence-corrected chi connectivity index (χ2v) is 8.49. The zero-order chi connectivity index (χ0) is 16.6. The minimum Gasteiger partial charge on any atom is -0.353 e. The summed E-state index contributed by atoms with van der Waals surface area (Å²) in [6.45, 7) is 4.80. The first-order valence-electron chi connectivity index (χ1n) is 7.76. The SMILES string of the molecule is CC(C)S(=O)(=O)NC1CCCN(c2ncnc3c2ncn3C)C1. The molecule has 1 atom stereocenters. The van der Waals surface area contributed by atoms with Gasteiger partial charge in [0.2, 0.25) is 10.0 Å². The maximum Gasteiger partial charge on any atom is 0.214 e. The molecule has 0 amide bonds. The number of nitrogens with zero attached hydrogens (tertiary/aromatic N) is 5. The quantitative estimate of drug-likeness (QED) is 0.880. The first-order valence-corrected chi connectivity index (χ1v) is 9.31. The van der Waals surface area contributed by atoms with Crippen molar-refractivity contribution in [2.24, 2.45) is 7.05 Å². The first kappa shape index (κ1) is 16.1. The third-order valence-electron chi connectivity index (χ3n) is 4.15. The Hall–Kier alpha value is -1.74. The Morgan fingerprint density at radius 3 is 2.83 bits per heavy atom. The van der Waals surface area contributed by atoms with Crippen molar-refractivity contribution in [3.8, 4) is 0 Å². The molecule has 0 bridgehead atoms. The lowest BCUT2D eigenvalue weighted by Gasteiger charge is -2.34. The van der Waals surface area contributed by atoms with Crippen molar-refractivity contribution in [1.82, 2.24) is 24.2 Å². The van der Waals surface area contributed by atoms with Crippen LogP contribution < -0.4 is 9.62 Å². The Kier molecular flexibility index (Phi) is 4.24. The highest BCUT2D eigenvalue weighted by Gasteiger charge is 2.27. The Bertz CT molecular complexity index is 801. The Balaban J connectivity index is 1.83. The van der Waals surface area contributed by atoms with Crippen molar-refractivity contribution >= 4 is 27.0 Å². The van der Waals surface area contributed by atoms with E-state index in [0.717, 1.165) is 36.4 Å². The van der Waals surface area contributed by atoms with Crippen molar-refractivity contribution in [1.29, 1.82) is 0 Å². The number of fused-ring (bicyclic) bond motifs is 1. The molecule has 1 unspecified atom stereocenters. The average molecular weight is 338 g/mol. The highest BCUT2D eigenvalue weighted by molar-refractivity contribution is 7.90. The number of imidazole rings is 1. The van der Waals surface area contributed by atoms with Crippen LogP contribution in [0.3, 0.4) is 0 Å². The van der Waals surface area contributed by atoms with Crippen molar-refractivity contribution < 1.29 is 8.42 Å². The van der Waals surface area contributed by atoms with Crippen LogP contribution in [0.25, 0.3) is 11.2 Å². The number of rotatable bonds is 4. The summed E-state index contributed by atoms with van der Waals surface area (Å²) >= 11 is 0. The average Bonchev–Trinajstić information content (AvgIpc) is 2.88. The Labute approximate surface area is 136 Å². The van der Waals surface area contributed by atoms with Gasteiger partial charge in [-0.1, -0.05) is 0 Å². The van der Waals surface area contributed by atoms with Crippen LogP contribution in [-0.4, -0.2) is 52.3 Å². The molecule has 3 heterocycles. The van der Waals surface area contributed by atoms with Crippen LogP contribution in [-0.2, 0) is 17.1 Å². The number of piperidine rings is 1. The van der Waals surface area contributed by atoms with Gasteiger partial charge < -0.3 is 9.47 Å². The number of aryl methyl sites for hydroxylation is 1. The molecule has 2 aromatic rings. The molecule has 9 heteroatoms. The van der Waals surface area contributed by atoms with E-state index in [1.807, 2.05) is 11.6 Å². The summed E-state index contributed by atoms with van der Waals surface area (Å²) in [6, 6.07) is -0.107. The predicted octanol–water partition coefficient (Wildman–Crippen LogP) is 0.660. The second-order valence-electron chi connectivity index (χ2n) is 6.22. The smallest absolute Gasteiger partial charge is 0.214 e. The van der Waals surface area contributed by atoms with E-state index in [1.54, 1.807) is 20.2 Å². The summed E-state index contributed by atoms with van der Waals surface area (Å²) in [6.07, 6.45) is 4.98. The van der Waals surface area contributed by atoms with Gasteiger partial charge in [0.15, 0.2) is 17.0 Å². The summed E-state index contributed by atoms with van der Waals surface area (Å²) in [5, 5.41) is -0.431. The minimum absolute atomic E-state index is 0.107. The fourth-order valence-corrected chi connectivity index (χ4v) is 3.73. The molecule has 8 nitrogen and oxygen atoms in total. The lowest BCUT2D eigenvalue weighted by Crippen LogP contribution is -2.49. The number of hydrogen-bond acceptors (Lipinski definition) is 6. The van der Waals surface area contributed by atoms with E-state index in [2.05, 4.69) is 24.6 Å². The third-order valence-corrected chi connectivity index (χ3v) is 6.05. The van der Waals surface area contributed by atoms with Crippen LogP contribution in [0.5, 0.6) is 0 Å². The maximum absolute atomic E-state index is 12.1. The molecule has 3 rings (SSSR count). The van der Waals surface area contributed by atoms with Crippen molar-refractivity contribution in [3.63, 3.8) is 0 Å². The minimum atomic E-state index is -3.27. The molecule has 1 saturated heterocycles. The molecule has 0 saturated carbocycles. The standard InChI is InChI=1S/C14H22N6O2S/c1-10(2)23(21,22)18-11-5-4-6-20(7-11)14-12-13(15-8-16-14)19(3)9-17-12/h8-11,18H,4-7H2,1-3H3. The molecule has 0 spiro atoms. The summed E-state index contributed by atoms with van der Waals surface area (Å²) in [4.78, 5) is 15.1. The molecule has 2 aromatic heterocycles. The first-order chi connectivity index (χ1) is 10.9. The van der Waals surface area contributed by atoms with Crippen molar-refractivity contribution in [3.05, 3.63) is 12.7 Å². The molecule has 0 radical (unpaired) electrons. The van der Waals surface area contributed by atoms with Gasteiger partial charge in [-0.2, -0.15) is 0 Å². The number of sulfonamides is 1. The van der Waals surface area contributed by atoms with Gasteiger partial charge in [0.05, 0.1) is 11.6 Å². The zero-order valence-corrected chi connectivity index (χ0v) is 14.4. The van der Waals surface area contributed by atoms with Crippen LogP contribution in [0, 0.1) is 0 Å². The van der Waals surface area contributed by atoms with Gasteiger partial charge in [-0.25, -0.2) is 28.1 Å². The van der Waals surface area contributed by atoms with E-state index in [1.165, 1.54) is 6.33 Å². The number of aromatic nitrogens is 4. The van der Waals surface area contributed by atoms with Crippen molar-refractivity contribution in [2.75, 3.05) is 18.0 Å². The Morgan fingerprint density at radius 1 is 1.30 bits per heavy atom. The fraction of sp³-hybridized carbons (Fsp3) is 0.643. The summed E-state index contributed by atoms with van der Waals surface area (Å²) in [5.41, 5.74) is 1.53. The fourth-order valence-electron chi connectivity index (χ4n) is 2.80. The number of hydrogen-bond donors (Lipinski definition) is 1. The Morgan fingerprint density at radius 2 is 2.09 bits per heavy atom. The number of nitrogens with one attached hydrogen (secondary N) is 1. The van der Waals surface area contributed by atoms with Gasteiger partial charge in [0.1, 0.15) is 6.33 Å². The largest absolute Gasteiger partial charge is 0.353 e. The summed E-state index contributed by atoms with van der Waals surface area (Å²) in [7, 11) is -1.38. The highest BCUT2D eigenvalue weighted by atomic mass is 32.2. The summed E-state index contributed by atoms with van der Waals surface area (Å²) in [5.74, 6) is 0.768. The van der Waals surface area contributed by atoms with Crippen LogP contribution >= 0.6 is 0 Å². The van der Waals surface area contributed by atoms with E-state index >= 15 is 0 Å². The molecule has 1 N–H and O–H groups in total. The molecule has 1 fully saturated rings. The second kappa shape index (κ2) is 6.04. The molecular formula is C14H22N6O2S. The molecule has 0 aliphatic carbocycles. The maximum atomic E-state index is 12.1. The van der Waals surface area contributed by atoms with E-state index in [0.29, 0.717) is 6.54 Å². The van der Waals surface area contributed by atoms with Crippen LogP contribution in [0.2, 0.25) is 0 Å². The summed E-state index contributed by atoms with van der Waals surface area (Å²) < 4.78 is 28.8. The predicted molar refractivity (Wildman–Crippen MR) is 88.7 cm³/mol. The molecule has 0 aromatic carbocycles. The van der Waals surface area contributed by atoms with Gasteiger partial charge >= 0.3 is 0 Å². The molecule has 23 heavy (non-hydrogen) atoms. The van der Waals surface area contributed by atoms with Gasteiger partial charge in [-0.05, 0) is 26.7 Å². The molecule has 126 valence electrons. The van der Waals surface area contributed by atoms with E-state index in [-0.39, 0.29) is 6.04 Å². The topological polar surface area (TPSA) is 93.0 Å². The van der Waals surface area contributed by atoms with Gasteiger partial charge in [0.25, 0.3) is 0 Å². The van der Waals surface area contributed by atoms with Gasteiger partial charge in [-0.15, -0.1) is 0 Å². The highest BCUT2D eigenvalue weighted by Crippen LogP contribution is 2.24. The normalized spacial score (nSPS) is 19.7. The van der Waals surface area contributed by atoms with Crippen molar-refractivity contribution in [2.45, 2.75) is 38.0 Å². The third kappa shape index (κ3) is 3.16. The monoisotopic (exact) mass is 338 g/mol. The lowest BCUT2D eigenvalue weighted by atomic mass is 10.1. The lowest BCUT2D eigenvalue weighted by molar-refractivity contribution is 0.462. The van der Waals surface area contributed by atoms with Crippen LogP contribution in [0.4, 0.5) is 5.82 Å². The van der Waals surface area contributed by atoms with Gasteiger partial charge in [-0.3, -0.25) is 0 Å². The van der Waals surface area contributed by atoms with Gasteiger partial charge in [0, 0.05) is 26.2 Å². The molecular weight excluding hydrogens is 316 g/mol. The number of anilines is 1. The van der Waals surface area contributed by atoms with E-state index in [9.17, 15) is 8.42 Å². The van der Waals surface area contributed by atoms with E-state index in [4.69, 9.17) is 0 Å². The zero-order valence-electron chi connectivity index (χ0n) is 13.6. The van der Waals surface area contributed by atoms with Crippen LogP contribution in [0.15, 0.2) is 12.7 Å².